The molecule has 2 rings (SSSR count). The maximum absolute atomic E-state index is 5.69. The molecule has 0 spiro atoms. The second-order valence-corrected chi connectivity index (χ2v) is 2.77. The smallest absolute Gasteiger partial charge is 0.0731 e. The molecule has 2 N–H and O–H groups in total. The maximum atomic E-state index is 5.69. The lowest BCUT2D eigenvalue weighted by Gasteiger charge is -2.11. The summed E-state index contributed by atoms with van der Waals surface area (Å²) in [6.07, 6.45) is 4.49. The van der Waals surface area contributed by atoms with Gasteiger partial charge >= 0.3 is 0 Å². The van der Waals surface area contributed by atoms with Crippen LogP contribution in [0.3, 0.4) is 0 Å². The lowest BCUT2D eigenvalue weighted by atomic mass is 9.97. The molecular formula is C6H11NO. The van der Waals surface area contributed by atoms with Crippen molar-refractivity contribution < 1.29 is 4.74 Å². The molecule has 2 aliphatic heterocycles. The molecule has 0 aromatic heterocycles. The van der Waals surface area contributed by atoms with E-state index in [2.05, 4.69) is 0 Å². The first-order chi connectivity index (χ1) is 3.86. The third-order valence-corrected chi connectivity index (χ3v) is 2.15. The van der Waals surface area contributed by atoms with Crippen LogP contribution in [0.5, 0.6) is 0 Å². The van der Waals surface area contributed by atoms with Gasteiger partial charge in [-0.3, -0.25) is 0 Å². The van der Waals surface area contributed by atoms with Gasteiger partial charge in [-0.2, -0.15) is 0 Å². The van der Waals surface area contributed by atoms with Crippen molar-refractivity contribution in [3.05, 3.63) is 0 Å². The second-order valence-electron chi connectivity index (χ2n) is 2.77. The third kappa shape index (κ3) is 0.501. The molecular weight excluding hydrogens is 102 g/mol. The van der Waals surface area contributed by atoms with Crippen molar-refractivity contribution in [2.75, 3.05) is 0 Å². The molecule has 0 unspecified atom stereocenters. The molecule has 2 bridgehead atoms. The summed E-state index contributed by atoms with van der Waals surface area (Å²) < 4.78 is 5.46. The van der Waals surface area contributed by atoms with Gasteiger partial charge < -0.3 is 10.5 Å². The van der Waals surface area contributed by atoms with Crippen LogP contribution in [0, 0.1) is 0 Å². The van der Waals surface area contributed by atoms with E-state index in [-0.39, 0.29) is 0 Å². The molecule has 0 radical (unpaired) electrons. The molecule has 0 saturated carbocycles. The monoisotopic (exact) mass is 113 g/mol. The van der Waals surface area contributed by atoms with Crippen LogP contribution in [0.25, 0.3) is 0 Å². The predicted octanol–water partition coefficient (Wildman–Crippen LogP) is 0.265. The molecule has 46 valence electrons. The first kappa shape index (κ1) is 4.77. The molecule has 0 aromatic rings. The fourth-order valence-electron chi connectivity index (χ4n) is 1.68. The van der Waals surface area contributed by atoms with Crippen molar-refractivity contribution in [2.45, 2.75) is 37.5 Å². The van der Waals surface area contributed by atoms with Gasteiger partial charge in [0.2, 0.25) is 0 Å². The van der Waals surface area contributed by atoms with E-state index in [4.69, 9.17) is 10.5 Å². The normalized spacial score (nSPS) is 52.9. The molecule has 2 heterocycles. The van der Waals surface area contributed by atoms with Crippen molar-refractivity contribution in [1.29, 1.82) is 0 Å². The summed E-state index contributed by atoms with van der Waals surface area (Å²) in [7, 11) is 0. The van der Waals surface area contributed by atoms with Gasteiger partial charge in [0.15, 0.2) is 0 Å². The molecule has 0 aliphatic carbocycles. The lowest BCUT2D eigenvalue weighted by Crippen LogP contribution is -2.30. The van der Waals surface area contributed by atoms with Crippen LogP contribution in [-0.4, -0.2) is 18.2 Å². The number of hydrogen-bond acceptors (Lipinski definition) is 2. The molecule has 0 amide bonds. The Bertz CT molecular complexity index is 103. The van der Waals surface area contributed by atoms with Crippen LogP contribution in [0.1, 0.15) is 19.3 Å². The quantitative estimate of drug-likeness (QED) is 0.489. The van der Waals surface area contributed by atoms with Crippen LogP contribution < -0.4 is 5.73 Å². The SMILES string of the molecule is N[C@H]1C[C@H]2CC[C@@H]1O2. The van der Waals surface area contributed by atoms with E-state index in [9.17, 15) is 0 Å². The molecule has 2 saturated heterocycles. The number of nitrogens with two attached hydrogens (primary N) is 1. The van der Waals surface area contributed by atoms with Gasteiger partial charge in [-0.05, 0) is 19.3 Å². The summed E-state index contributed by atoms with van der Waals surface area (Å²) in [4.78, 5) is 0. The number of fused-ring (bicyclic) bond motifs is 2. The van der Waals surface area contributed by atoms with Crippen LogP contribution in [0.15, 0.2) is 0 Å². The first-order valence-electron chi connectivity index (χ1n) is 3.27. The standard InChI is InChI=1S/C6H11NO/c7-5-3-4-1-2-6(5)8-4/h4-6H,1-3,7H2/t4-,5+,6+/m1/s1. The highest BCUT2D eigenvalue weighted by molar-refractivity contribution is 4.91. The van der Waals surface area contributed by atoms with Gasteiger partial charge in [-0.1, -0.05) is 0 Å². The molecule has 2 aliphatic rings. The van der Waals surface area contributed by atoms with Gasteiger partial charge in [0.25, 0.3) is 0 Å². The summed E-state index contributed by atoms with van der Waals surface area (Å²) in [5, 5.41) is 0. The minimum absolute atomic E-state index is 0.355. The van der Waals surface area contributed by atoms with Crippen LogP contribution in [0.2, 0.25) is 0 Å². The highest BCUT2D eigenvalue weighted by Crippen LogP contribution is 2.32. The van der Waals surface area contributed by atoms with Crippen LogP contribution in [0.4, 0.5) is 0 Å². The van der Waals surface area contributed by atoms with Crippen molar-refractivity contribution in [2.24, 2.45) is 5.73 Å². The summed E-state index contributed by atoms with van der Waals surface area (Å²) in [5.41, 5.74) is 5.69. The zero-order valence-electron chi connectivity index (χ0n) is 4.84. The zero-order valence-corrected chi connectivity index (χ0v) is 4.84. The third-order valence-electron chi connectivity index (χ3n) is 2.15. The molecule has 2 heteroatoms. The largest absolute Gasteiger partial charge is 0.373 e. The molecule has 2 nitrogen and oxygen atoms in total. The van der Waals surface area contributed by atoms with E-state index >= 15 is 0 Å². The number of rotatable bonds is 0. The van der Waals surface area contributed by atoms with E-state index in [1.165, 1.54) is 12.8 Å². The first-order valence-corrected chi connectivity index (χ1v) is 3.27. The van der Waals surface area contributed by atoms with Crippen molar-refractivity contribution in [3.63, 3.8) is 0 Å². The Morgan fingerprint density at radius 2 is 2.25 bits per heavy atom. The Hall–Kier alpha value is -0.0800. The molecule has 8 heavy (non-hydrogen) atoms. The van der Waals surface area contributed by atoms with E-state index in [1.54, 1.807) is 0 Å². The Morgan fingerprint density at radius 3 is 2.50 bits per heavy atom. The summed E-state index contributed by atoms with van der Waals surface area (Å²) >= 11 is 0. The average Bonchev–Trinajstić information content (AvgIpc) is 2.23. The highest BCUT2D eigenvalue weighted by Gasteiger charge is 2.38. The zero-order chi connectivity index (χ0) is 5.56. The Balaban J connectivity index is 2.11. The van der Waals surface area contributed by atoms with Crippen LogP contribution in [-0.2, 0) is 4.74 Å². The summed E-state index contributed by atoms with van der Waals surface area (Å²) in [6, 6.07) is 0.355. The summed E-state index contributed by atoms with van der Waals surface area (Å²) in [6.45, 7) is 0. The van der Waals surface area contributed by atoms with E-state index in [1.807, 2.05) is 0 Å². The minimum atomic E-state index is 0.355. The van der Waals surface area contributed by atoms with Gasteiger partial charge in [0, 0.05) is 6.04 Å². The fourth-order valence-corrected chi connectivity index (χ4v) is 1.68. The summed E-state index contributed by atoms with van der Waals surface area (Å²) in [5.74, 6) is 0. The van der Waals surface area contributed by atoms with Gasteiger partial charge in [-0.25, -0.2) is 0 Å². The highest BCUT2D eigenvalue weighted by atomic mass is 16.5. The van der Waals surface area contributed by atoms with Crippen molar-refractivity contribution >= 4 is 0 Å². The number of hydrogen-bond donors (Lipinski definition) is 1. The van der Waals surface area contributed by atoms with E-state index in [0.29, 0.717) is 18.2 Å². The van der Waals surface area contributed by atoms with Gasteiger partial charge in [-0.15, -0.1) is 0 Å². The molecule has 0 aromatic carbocycles. The van der Waals surface area contributed by atoms with Crippen molar-refractivity contribution in [1.82, 2.24) is 0 Å². The predicted molar refractivity (Wildman–Crippen MR) is 30.5 cm³/mol. The fraction of sp³-hybridized carbons (Fsp3) is 1.00. The molecule has 2 fully saturated rings. The Kier molecular flexibility index (Phi) is 0.866. The minimum Gasteiger partial charge on any atom is -0.373 e. The topological polar surface area (TPSA) is 35.2 Å². The van der Waals surface area contributed by atoms with Gasteiger partial charge in [0.1, 0.15) is 0 Å². The van der Waals surface area contributed by atoms with Crippen molar-refractivity contribution in [3.8, 4) is 0 Å². The Labute approximate surface area is 49.0 Å². The van der Waals surface area contributed by atoms with Crippen LogP contribution >= 0.6 is 0 Å². The maximum Gasteiger partial charge on any atom is 0.0731 e. The lowest BCUT2D eigenvalue weighted by molar-refractivity contribution is 0.101. The number of ether oxygens (including phenoxy) is 1. The van der Waals surface area contributed by atoms with E-state index < -0.39 is 0 Å². The van der Waals surface area contributed by atoms with Gasteiger partial charge in [0.05, 0.1) is 12.2 Å². The van der Waals surface area contributed by atoms with E-state index in [0.717, 1.165) is 6.42 Å². The average molecular weight is 113 g/mol. The second kappa shape index (κ2) is 1.45. The molecule has 3 atom stereocenters. The Morgan fingerprint density at radius 1 is 1.38 bits per heavy atom.